The standard InChI is InChI=1S/C21H21N5OS/c1-14(2)26-15(3)11-18(24-26)20(27)25(13-16-7-6-10-22-12-16)21-23-17-8-4-5-9-19(17)28-21/h4-12,14H,13H2,1-3H3. The summed E-state index contributed by atoms with van der Waals surface area (Å²) in [5.41, 5.74) is 3.21. The van der Waals surface area contributed by atoms with Crippen LogP contribution in [0.5, 0.6) is 0 Å². The van der Waals surface area contributed by atoms with Crippen molar-refractivity contribution >= 4 is 32.6 Å². The Labute approximate surface area is 167 Å². The molecule has 3 heterocycles. The Bertz CT molecular complexity index is 1080. The Morgan fingerprint density at radius 2 is 2.04 bits per heavy atom. The summed E-state index contributed by atoms with van der Waals surface area (Å²) in [6, 6.07) is 13.8. The number of aromatic nitrogens is 4. The molecule has 6 nitrogen and oxygen atoms in total. The number of pyridine rings is 1. The van der Waals surface area contributed by atoms with Gasteiger partial charge < -0.3 is 0 Å². The number of thiazole rings is 1. The van der Waals surface area contributed by atoms with Gasteiger partial charge in [0.15, 0.2) is 10.8 Å². The van der Waals surface area contributed by atoms with Gasteiger partial charge in [-0.1, -0.05) is 29.5 Å². The van der Waals surface area contributed by atoms with Crippen LogP contribution in [0, 0.1) is 6.92 Å². The highest BCUT2D eigenvalue weighted by Gasteiger charge is 2.25. The van der Waals surface area contributed by atoms with E-state index in [0.29, 0.717) is 17.4 Å². The second-order valence-corrected chi connectivity index (χ2v) is 7.94. The van der Waals surface area contributed by atoms with Gasteiger partial charge in [-0.3, -0.25) is 19.4 Å². The molecule has 0 bridgehead atoms. The minimum absolute atomic E-state index is 0.162. The van der Waals surface area contributed by atoms with E-state index < -0.39 is 0 Å². The molecule has 0 saturated carbocycles. The number of anilines is 1. The lowest BCUT2D eigenvalue weighted by molar-refractivity contribution is 0.0979. The van der Waals surface area contributed by atoms with Gasteiger partial charge in [0.05, 0.1) is 16.8 Å². The SMILES string of the molecule is Cc1cc(C(=O)N(Cc2cccnc2)c2nc3ccccc3s2)nn1C(C)C. The van der Waals surface area contributed by atoms with Crippen molar-refractivity contribution in [2.75, 3.05) is 4.90 Å². The Balaban J connectivity index is 1.75. The number of aryl methyl sites for hydroxylation is 1. The van der Waals surface area contributed by atoms with E-state index in [-0.39, 0.29) is 11.9 Å². The predicted molar refractivity (Wildman–Crippen MR) is 112 cm³/mol. The number of hydrogen-bond acceptors (Lipinski definition) is 5. The monoisotopic (exact) mass is 391 g/mol. The van der Waals surface area contributed by atoms with Crippen LogP contribution < -0.4 is 4.90 Å². The van der Waals surface area contributed by atoms with Gasteiger partial charge in [-0.05, 0) is 50.6 Å². The van der Waals surface area contributed by atoms with Gasteiger partial charge in [0.2, 0.25) is 0 Å². The van der Waals surface area contributed by atoms with Gasteiger partial charge in [-0.2, -0.15) is 5.10 Å². The highest BCUT2D eigenvalue weighted by atomic mass is 32.1. The minimum atomic E-state index is -0.162. The Kier molecular flexibility index (Phi) is 4.92. The molecule has 142 valence electrons. The Morgan fingerprint density at radius 3 is 2.71 bits per heavy atom. The molecule has 1 aromatic carbocycles. The van der Waals surface area contributed by atoms with Crippen LogP contribution in [0.2, 0.25) is 0 Å². The third-order valence-corrected chi connectivity index (χ3v) is 5.51. The highest BCUT2D eigenvalue weighted by molar-refractivity contribution is 7.22. The van der Waals surface area contributed by atoms with Crippen LogP contribution in [0.4, 0.5) is 5.13 Å². The molecule has 4 rings (SSSR count). The molecular weight excluding hydrogens is 370 g/mol. The van der Waals surface area contributed by atoms with Crippen molar-refractivity contribution < 1.29 is 4.79 Å². The van der Waals surface area contributed by atoms with Crippen molar-refractivity contribution in [3.63, 3.8) is 0 Å². The number of carbonyl (C=O) groups excluding carboxylic acids is 1. The fraction of sp³-hybridized carbons (Fsp3) is 0.238. The molecular formula is C21H21N5OS. The summed E-state index contributed by atoms with van der Waals surface area (Å²) in [6.45, 7) is 6.46. The molecule has 3 aromatic heterocycles. The van der Waals surface area contributed by atoms with Gasteiger partial charge in [0.1, 0.15) is 0 Å². The Hall–Kier alpha value is -3.06. The van der Waals surface area contributed by atoms with Crippen molar-refractivity contribution in [2.45, 2.75) is 33.4 Å². The molecule has 28 heavy (non-hydrogen) atoms. The van der Waals surface area contributed by atoms with Crippen LogP contribution in [0.3, 0.4) is 0 Å². The van der Waals surface area contributed by atoms with Crippen LogP contribution in [0.1, 0.15) is 41.6 Å². The molecule has 0 aliphatic rings. The molecule has 0 unspecified atom stereocenters. The van der Waals surface area contributed by atoms with Gasteiger partial charge in [0, 0.05) is 24.1 Å². The summed E-state index contributed by atoms with van der Waals surface area (Å²) in [7, 11) is 0. The number of para-hydroxylation sites is 1. The highest BCUT2D eigenvalue weighted by Crippen LogP contribution is 2.30. The summed E-state index contributed by atoms with van der Waals surface area (Å²) in [6.07, 6.45) is 3.49. The predicted octanol–water partition coefficient (Wildman–Crippen LogP) is 4.62. The molecule has 0 radical (unpaired) electrons. The lowest BCUT2D eigenvalue weighted by Crippen LogP contribution is -2.31. The van der Waals surface area contributed by atoms with Crippen LogP contribution >= 0.6 is 11.3 Å². The number of fused-ring (bicyclic) bond motifs is 1. The molecule has 0 spiro atoms. The first kappa shape index (κ1) is 18.3. The van der Waals surface area contributed by atoms with Crippen molar-refractivity contribution in [3.05, 3.63) is 71.8 Å². The quantitative estimate of drug-likeness (QED) is 0.498. The second kappa shape index (κ2) is 7.52. The molecule has 0 aliphatic heterocycles. The zero-order valence-corrected chi connectivity index (χ0v) is 16.8. The van der Waals surface area contributed by atoms with Crippen LogP contribution in [0.15, 0.2) is 54.9 Å². The van der Waals surface area contributed by atoms with Crippen LogP contribution in [-0.4, -0.2) is 25.7 Å². The maximum Gasteiger partial charge on any atom is 0.280 e. The summed E-state index contributed by atoms with van der Waals surface area (Å²) in [4.78, 5) is 24.0. The fourth-order valence-electron chi connectivity index (χ4n) is 3.13. The van der Waals surface area contributed by atoms with Gasteiger partial charge in [-0.15, -0.1) is 0 Å². The molecule has 1 amide bonds. The molecule has 4 aromatic rings. The van der Waals surface area contributed by atoms with E-state index in [9.17, 15) is 4.79 Å². The van der Waals surface area contributed by atoms with E-state index in [1.54, 1.807) is 17.3 Å². The zero-order chi connectivity index (χ0) is 19.7. The number of amides is 1. The van der Waals surface area contributed by atoms with Gasteiger partial charge >= 0.3 is 0 Å². The van der Waals surface area contributed by atoms with Crippen LogP contribution in [-0.2, 0) is 6.54 Å². The normalized spacial score (nSPS) is 11.3. The molecule has 7 heteroatoms. The van der Waals surface area contributed by atoms with Crippen molar-refractivity contribution in [1.82, 2.24) is 19.7 Å². The molecule has 0 aliphatic carbocycles. The van der Waals surface area contributed by atoms with Crippen LogP contribution in [0.25, 0.3) is 10.2 Å². The first-order valence-electron chi connectivity index (χ1n) is 9.15. The smallest absolute Gasteiger partial charge is 0.278 e. The third kappa shape index (κ3) is 3.53. The zero-order valence-electron chi connectivity index (χ0n) is 16.0. The topological polar surface area (TPSA) is 63.9 Å². The molecule has 0 atom stereocenters. The largest absolute Gasteiger partial charge is 0.280 e. The van der Waals surface area contributed by atoms with E-state index in [2.05, 4.69) is 28.9 Å². The number of benzene rings is 1. The van der Waals surface area contributed by atoms with Gasteiger partial charge in [-0.25, -0.2) is 4.98 Å². The minimum Gasteiger partial charge on any atom is -0.278 e. The molecule has 0 saturated heterocycles. The average Bonchev–Trinajstić information content (AvgIpc) is 3.30. The fourth-order valence-corrected chi connectivity index (χ4v) is 4.09. The molecule has 0 fully saturated rings. The molecule has 0 N–H and O–H groups in total. The van der Waals surface area contributed by atoms with E-state index >= 15 is 0 Å². The number of carbonyl (C=O) groups is 1. The first-order chi connectivity index (χ1) is 13.5. The van der Waals surface area contributed by atoms with E-state index in [4.69, 9.17) is 0 Å². The average molecular weight is 392 g/mol. The lowest BCUT2D eigenvalue weighted by atomic mass is 10.2. The van der Waals surface area contributed by atoms with Crippen molar-refractivity contribution in [1.29, 1.82) is 0 Å². The maximum absolute atomic E-state index is 13.4. The number of rotatable bonds is 5. The Morgan fingerprint density at radius 1 is 1.21 bits per heavy atom. The summed E-state index contributed by atoms with van der Waals surface area (Å²) in [5.74, 6) is -0.162. The number of hydrogen-bond donors (Lipinski definition) is 0. The maximum atomic E-state index is 13.4. The summed E-state index contributed by atoms with van der Waals surface area (Å²) < 4.78 is 2.92. The summed E-state index contributed by atoms with van der Waals surface area (Å²) >= 11 is 1.50. The van der Waals surface area contributed by atoms with Gasteiger partial charge in [0.25, 0.3) is 5.91 Å². The number of nitrogens with zero attached hydrogens (tertiary/aromatic N) is 5. The first-order valence-corrected chi connectivity index (χ1v) is 9.97. The lowest BCUT2D eigenvalue weighted by Gasteiger charge is -2.18. The summed E-state index contributed by atoms with van der Waals surface area (Å²) in [5, 5.41) is 5.20. The third-order valence-electron chi connectivity index (χ3n) is 4.45. The van der Waals surface area contributed by atoms with E-state index in [0.717, 1.165) is 21.5 Å². The van der Waals surface area contributed by atoms with Crippen molar-refractivity contribution in [3.8, 4) is 0 Å². The van der Waals surface area contributed by atoms with E-state index in [1.807, 2.05) is 54.1 Å². The van der Waals surface area contributed by atoms with E-state index in [1.165, 1.54) is 11.3 Å². The van der Waals surface area contributed by atoms with Crippen molar-refractivity contribution in [2.24, 2.45) is 0 Å². The second-order valence-electron chi connectivity index (χ2n) is 6.93.